The number of aromatic nitrogens is 2. The lowest BCUT2D eigenvalue weighted by atomic mass is 10.1. The molecule has 23 heavy (non-hydrogen) atoms. The predicted molar refractivity (Wildman–Crippen MR) is 92.6 cm³/mol. The number of hydrogen-bond donors (Lipinski definition) is 1. The fraction of sp³-hybridized carbons (Fsp3) is 0.375. The van der Waals surface area contributed by atoms with Crippen LogP contribution in [0.5, 0.6) is 5.75 Å². The van der Waals surface area contributed by atoms with Gasteiger partial charge < -0.3 is 15.0 Å². The van der Waals surface area contributed by atoms with Crippen LogP contribution in [0.2, 0.25) is 0 Å². The number of fused-ring (bicyclic) bond motifs is 1. The standard InChI is InChI=1S/C16H19BrN4O2/c1-9-5-6-11(23-4)10(2)13(9)18-15-12(17)14-16(22)20(3)7-8-21(14)19-15/h5-6H,7-8H2,1-4H3,(H,18,19). The molecule has 0 spiro atoms. The number of anilines is 2. The fourth-order valence-electron chi connectivity index (χ4n) is 2.77. The zero-order valence-electron chi connectivity index (χ0n) is 13.6. The Balaban J connectivity index is 2.03. The molecule has 0 unspecified atom stereocenters. The molecule has 0 radical (unpaired) electrons. The van der Waals surface area contributed by atoms with Crippen molar-refractivity contribution >= 4 is 33.3 Å². The van der Waals surface area contributed by atoms with Crippen molar-refractivity contribution in [3.05, 3.63) is 33.4 Å². The molecule has 1 aromatic carbocycles. The van der Waals surface area contributed by atoms with Gasteiger partial charge in [-0.1, -0.05) is 6.07 Å². The first-order chi connectivity index (χ1) is 10.9. The normalized spacial score (nSPS) is 14.0. The number of ether oxygens (including phenoxy) is 1. The maximum absolute atomic E-state index is 12.3. The number of likely N-dealkylation sites (N-methyl/N-ethyl adjacent to an activating group) is 1. The molecule has 0 saturated heterocycles. The van der Waals surface area contributed by atoms with Crippen LogP contribution in [-0.2, 0) is 6.54 Å². The minimum atomic E-state index is -0.0252. The maximum atomic E-state index is 12.3. The molecule has 2 heterocycles. The summed E-state index contributed by atoms with van der Waals surface area (Å²) in [6.07, 6.45) is 0. The highest BCUT2D eigenvalue weighted by Crippen LogP contribution is 2.35. The minimum Gasteiger partial charge on any atom is -0.496 e. The highest BCUT2D eigenvalue weighted by atomic mass is 79.9. The monoisotopic (exact) mass is 378 g/mol. The SMILES string of the molecule is COc1ccc(C)c(Nc2nn3c(c2Br)C(=O)N(C)CC3)c1C. The van der Waals surface area contributed by atoms with Crippen LogP contribution in [0, 0.1) is 13.8 Å². The van der Waals surface area contributed by atoms with Crippen molar-refractivity contribution in [1.29, 1.82) is 0 Å². The molecule has 1 N–H and O–H groups in total. The quantitative estimate of drug-likeness (QED) is 0.891. The van der Waals surface area contributed by atoms with E-state index in [2.05, 4.69) is 26.3 Å². The fourth-order valence-corrected chi connectivity index (χ4v) is 3.33. The van der Waals surface area contributed by atoms with Gasteiger partial charge in [-0.25, -0.2) is 0 Å². The smallest absolute Gasteiger partial charge is 0.273 e. The Labute approximate surface area is 143 Å². The maximum Gasteiger partial charge on any atom is 0.273 e. The number of nitrogens with one attached hydrogen (secondary N) is 1. The van der Waals surface area contributed by atoms with Gasteiger partial charge in [0.05, 0.1) is 18.1 Å². The van der Waals surface area contributed by atoms with Crippen molar-refractivity contribution in [2.45, 2.75) is 20.4 Å². The molecule has 1 aliphatic rings. The highest BCUT2D eigenvalue weighted by Gasteiger charge is 2.28. The van der Waals surface area contributed by atoms with E-state index in [1.165, 1.54) is 0 Å². The summed E-state index contributed by atoms with van der Waals surface area (Å²) in [7, 11) is 3.45. The van der Waals surface area contributed by atoms with Crippen LogP contribution in [0.25, 0.3) is 0 Å². The van der Waals surface area contributed by atoms with Gasteiger partial charge in [-0.2, -0.15) is 5.10 Å². The van der Waals surface area contributed by atoms with Crippen molar-refractivity contribution in [3.63, 3.8) is 0 Å². The lowest BCUT2D eigenvalue weighted by Crippen LogP contribution is -2.37. The first kappa shape index (κ1) is 15.9. The van der Waals surface area contributed by atoms with E-state index in [4.69, 9.17) is 4.74 Å². The van der Waals surface area contributed by atoms with Gasteiger partial charge in [0.1, 0.15) is 11.4 Å². The lowest BCUT2D eigenvalue weighted by molar-refractivity contribution is 0.0741. The van der Waals surface area contributed by atoms with Gasteiger partial charge >= 0.3 is 0 Å². The van der Waals surface area contributed by atoms with Crippen LogP contribution in [0.1, 0.15) is 21.6 Å². The number of halogens is 1. The molecule has 1 aliphatic heterocycles. The molecule has 0 bridgehead atoms. The summed E-state index contributed by atoms with van der Waals surface area (Å²) in [4.78, 5) is 14.0. The van der Waals surface area contributed by atoms with Gasteiger partial charge in [0.2, 0.25) is 0 Å². The number of carbonyl (C=O) groups excluding carboxylic acids is 1. The topological polar surface area (TPSA) is 59.4 Å². The minimum absolute atomic E-state index is 0.0252. The molecule has 6 nitrogen and oxygen atoms in total. The van der Waals surface area contributed by atoms with E-state index in [0.717, 1.165) is 22.6 Å². The Morgan fingerprint density at radius 1 is 1.30 bits per heavy atom. The molecule has 0 aliphatic carbocycles. The summed E-state index contributed by atoms with van der Waals surface area (Å²) < 4.78 is 7.82. The van der Waals surface area contributed by atoms with Gasteiger partial charge in [0.15, 0.2) is 5.82 Å². The molecule has 2 aromatic rings. The van der Waals surface area contributed by atoms with Crippen molar-refractivity contribution in [2.75, 3.05) is 26.0 Å². The number of benzene rings is 1. The van der Waals surface area contributed by atoms with Crippen LogP contribution in [0.4, 0.5) is 11.5 Å². The predicted octanol–water partition coefficient (Wildman–Crippen LogP) is 3.10. The molecule has 0 fully saturated rings. The second-order valence-corrected chi connectivity index (χ2v) is 6.46. The van der Waals surface area contributed by atoms with Crippen molar-refractivity contribution < 1.29 is 9.53 Å². The highest BCUT2D eigenvalue weighted by molar-refractivity contribution is 9.10. The zero-order valence-corrected chi connectivity index (χ0v) is 15.2. The third-order valence-corrected chi connectivity index (χ3v) is 4.93. The van der Waals surface area contributed by atoms with Crippen LogP contribution in [0.15, 0.2) is 16.6 Å². The van der Waals surface area contributed by atoms with Crippen LogP contribution >= 0.6 is 15.9 Å². The number of aryl methyl sites for hydroxylation is 1. The Hall–Kier alpha value is -2.02. The van der Waals surface area contributed by atoms with Crippen LogP contribution in [0.3, 0.4) is 0 Å². The first-order valence-electron chi connectivity index (χ1n) is 7.37. The summed E-state index contributed by atoms with van der Waals surface area (Å²) in [6, 6.07) is 3.94. The van der Waals surface area contributed by atoms with E-state index < -0.39 is 0 Å². The van der Waals surface area contributed by atoms with Crippen molar-refractivity contribution in [1.82, 2.24) is 14.7 Å². The molecule has 0 saturated carbocycles. The van der Waals surface area contributed by atoms with Crippen LogP contribution in [-0.4, -0.2) is 41.3 Å². The van der Waals surface area contributed by atoms with Gasteiger partial charge in [0.25, 0.3) is 5.91 Å². The number of nitrogens with zero attached hydrogens (tertiary/aromatic N) is 3. The number of amides is 1. The van der Waals surface area contributed by atoms with E-state index in [1.54, 1.807) is 23.7 Å². The molecular weight excluding hydrogens is 360 g/mol. The van der Waals surface area contributed by atoms with E-state index in [9.17, 15) is 4.79 Å². The molecular formula is C16H19BrN4O2. The second-order valence-electron chi connectivity index (χ2n) is 5.67. The third-order valence-electron chi connectivity index (χ3n) is 4.18. The van der Waals surface area contributed by atoms with E-state index in [1.807, 2.05) is 26.0 Å². The van der Waals surface area contributed by atoms with Gasteiger partial charge in [-0.05, 0) is 41.4 Å². The average molecular weight is 379 g/mol. The molecule has 122 valence electrons. The number of rotatable bonds is 3. The molecule has 1 amide bonds. The summed E-state index contributed by atoms with van der Waals surface area (Å²) in [5, 5.41) is 7.89. The Morgan fingerprint density at radius 2 is 2.04 bits per heavy atom. The average Bonchev–Trinajstić information content (AvgIpc) is 2.84. The van der Waals surface area contributed by atoms with Crippen molar-refractivity contribution in [3.8, 4) is 5.75 Å². The first-order valence-corrected chi connectivity index (χ1v) is 8.16. The van der Waals surface area contributed by atoms with Gasteiger partial charge in [-0.3, -0.25) is 9.48 Å². The van der Waals surface area contributed by atoms with Gasteiger partial charge in [-0.15, -0.1) is 0 Å². The number of hydrogen-bond acceptors (Lipinski definition) is 4. The zero-order chi connectivity index (χ0) is 16.7. The second kappa shape index (κ2) is 5.88. The number of carbonyl (C=O) groups is 1. The van der Waals surface area contributed by atoms with Crippen LogP contribution < -0.4 is 10.1 Å². The molecule has 3 rings (SSSR count). The Morgan fingerprint density at radius 3 is 2.74 bits per heavy atom. The van der Waals surface area contributed by atoms with Crippen molar-refractivity contribution in [2.24, 2.45) is 0 Å². The molecule has 1 aromatic heterocycles. The Kier molecular flexibility index (Phi) is 4.06. The largest absolute Gasteiger partial charge is 0.496 e. The summed E-state index contributed by atoms with van der Waals surface area (Å²) in [5.41, 5.74) is 3.62. The van der Waals surface area contributed by atoms with E-state index in [0.29, 0.717) is 29.1 Å². The molecule has 7 heteroatoms. The van der Waals surface area contributed by atoms with E-state index in [-0.39, 0.29) is 5.91 Å². The third kappa shape index (κ3) is 2.59. The summed E-state index contributed by atoms with van der Waals surface area (Å²) >= 11 is 3.52. The lowest BCUT2D eigenvalue weighted by Gasteiger charge is -2.23. The summed E-state index contributed by atoms with van der Waals surface area (Å²) in [6.45, 7) is 5.37. The van der Waals surface area contributed by atoms with Gasteiger partial charge in [0, 0.05) is 24.8 Å². The summed E-state index contributed by atoms with van der Waals surface area (Å²) in [5.74, 6) is 1.43. The molecule has 0 atom stereocenters. The number of methoxy groups -OCH3 is 1. The Bertz CT molecular complexity index is 785. The van der Waals surface area contributed by atoms with E-state index >= 15 is 0 Å².